The number of carbonyl (C=O) groups excluding carboxylic acids is 2. The van der Waals surface area contributed by atoms with Gasteiger partial charge in [0, 0.05) is 11.1 Å². The van der Waals surface area contributed by atoms with Gasteiger partial charge in [-0.2, -0.15) is 0 Å². The highest BCUT2D eigenvalue weighted by molar-refractivity contribution is 6.46. The Hall–Kier alpha value is -4.06. The number of aryl methyl sites for hydroxylation is 2. The normalized spacial score (nSPS) is 17.2. The highest BCUT2D eigenvalue weighted by Crippen LogP contribution is 2.42. The molecule has 34 heavy (non-hydrogen) atoms. The summed E-state index contributed by atoms with van der Waals surface area (Å²) >= 11 is 0. The molecule has 0 aromatic heterocycles. The van der Waals surface area contributed by atoms with Gasteiger partial charge in [0.2, 0.25) is 0 Å². The molecule has 1 N–H and O–H groups in total. The van der Waals surface area contributed by atoms with Gasteiger partial charge in [-0.3, -0.25) is 9.59 Å². The topological polar surface area (TPSA) is 76.1 Å². The van der Waals surface area contributed by atoms with E-state index in [9.17, 15) is 14.7 Å². The van der Waals surface area contributed by atoms with Gasteiger partial charge in [0.1, 0.15) is 17.3 Å². The van der Waals surface area contributed by atoms with Crippen LogP contribution in [0.1, 0.15) is 33.9 Å². The maximum absolute atomic E-state index is 13.3. The molecule has 1 heterocycles. The molecule has 6 heteroatoms. The van der Waals surface area contributed by atoms with Gasteiger partial charge in [-0.25, -0.2) is 0 Å². The number of para-hydroxylation sites is 1. The molecule has 4 rings (SSSR count). The van der Waals surface area contributed by atoms with Crippen molar-refractivity contribution in [2.45, 2.75) is 26.4 Å². The van der Waals surface area contributed by atoms with Gasteiger partial charge in [0.25, 0.3) is 11.7 Å². The average Bonchev–Trinajstić information content (AvgIpc) is 3.09. The Labute approximate surface area is 199 Å². The van der Waals surface area contributed by atoms with Crippen LogP contribution in [0.5, 0.6) is 11.5 Å². The summed E-state index contributed by atoms with van der Waals surface area (Å²) in [7, 11) is 3.14. The molecular formula is C28H27NO5. The van der Waals surface area contributed by atoms with Crippen molar-refractivity contribution in [2.75, 3.05) is 14.2 Å². The zero-order valence-electron chi connectivity index (χ0n) is 19.7. The largest absolute Gasteiger partial charge is 0.507 e. The summed E-state index contributed by atoms with van der Waals surface area (Å²) < 4.78 is 10.8. The minimum absolute atomic E-state index is 0.0683. The number of nitrogens with zero attached hydrogens (tertiary/aromatic N) is 1. The van der Waals surface area contributed by atoms with Crippen LogP contribution in [0, 0.1) is 13.8 Å². The minimum atomic E-state index is -0.742. The van der Waals surface area contributed by atoms with E-state index in [0.717, 1.165) is 22.3 Å². The molecular weight excluding hydrogens is 430 g/mol. The third-order valence-electron chi connectivity index (χ3n) is 6.22. The lowest BCUT2D eigenvalue weighted by atomic mass is 9.92. The van der Waals surface area contributed by atoms with E-state index in [-0.39, 0.29) is 17.9 Å². The van der Waals surface area contributed by atoms with Crippen LogP contribution < -0.4 is 9.47 Å². The van der Waals surface area contributed by atoms with Gasteiger partial charge in [-0.15, -0.1) is 0 Å². The van der Waals surface area contributed by atoms with Crippen molar-refractivity contribution in [1.29, 1.82) is 0 Å². The van der Waals surface area contributed by atoms with Gasteiger partial charge in [0.15, 0.2) is 0 Å². The highest BCUT2D eigenvalue weighted by Gasteiger charge is 2.46. The number of Topliss-reactive ketones (excluding diaryl/α,β-unsaturated/α-hetero) is 1. The number of rotatable bonds is 6. The Morgan fingerprint density at radius 2 is 1.56 bits per heavy atom. The van der Waals surface area contributed by atoms with Crippen molar-refractivity contribution in [3.05, 3.63) is 100 Å². The van der Waals surface area contributed by atoms with Gasteiger partial charge in [0.05, 0.1) is 32.4 Å². The van der Waals surface area contributed by atoms with Gasteiger partial charge < -0.3 is 19.5 Å². The molecule has 1 fully saturated rings. The van der Waals surface area contributed by atoms with Gasteiger partial charge in [-0.05, 0) is 54.8 Å². The van der Waals surface area contributed by atoms with Gasteiger partial charge in [-0.1, -0.05) is 42.5 Å². The van der Waals surface area contributed by atoms with Crippen LogP contribution in [-0.4, -0.2) is 35.9 Å². The van der Waals surface area contributed by atoms with E-state index >= 15 is 0 Å². The highest BCUT2D eigenvalue weighted by atomic mass is 16.5. The zero-order valence-corrected chi connectivity index (χ0v) is 19.7. The number of methoxy groups -OCH3 is 2. The number of aliphatic hydroxyl groups excluding tert-OH is 1. The molecule has 0 bridgehead atoms. The first-order chi connectivity index (χ1) is 16.4. The summed E-state index contributed by atoms with van der Waals surface area (Å²) in [6, 6.07) is 19.4. The van der Waals surface area contributed by atoms with Crippen LogP contribution >= 0.6 is 0 Å². The lowest BCUT2D eigenvalue weighted by molar-refractivity contribution is -0.140. The maximum Gasteiger partial charge on any atom is 0.295 e. The fourth-order valence-corrected chi connectivity index (χ4v) is 4.46. The average molecular weight is 458 g/mol. The second-order valence-corrected chi connectivity index (χ2v) is 8.28. The molecule has 0 saturated carbocycles. The summed E-state index contributed by atoms with van der Waals surface area (Å²) in [4.78, 5) is 28.1. The smallest absolute Gasteiger partial charge is 0.295 e. The summed E-state index contributed by atoms with van der Waals surface area (Å²) in [6.07, 6.45) is 0. The predicted molar refractivity (Wildman–Crippen MR) is 130 cm³/mol. The number of carbonyl (C=O) groups is 2. The molecule has 0 spiro atoms. The first-order valence-electron chi connectivity index (χ1n) is 11.0. The summed E-state index contributed by atoms with van der Waals surface area (Å²) in [6.45, 7) is 3.94. The van der Waals surface area contributed by atoms with Crippen LogP contribution in [0.2, 0.25) is 0 Å². The maximum atomic E-state index is 13.3. The number of benzene rings is 3. The van der Waals surface area contributed by atoms with E-state index in [2.05, 4.69) is 0 Å². The molecule has 3 aromatic carbocycles. The number of hydrogen-bond acceptors (Lipinski definition) is 5. The Kier molecular flexibility index (Phi) is 6.41. The molecule has 0 radical (unpaired) electrons. The number of amides is 1. The minimum Gasteiger partial charge on any atom is -0.507 e. The molecule has 1 saturated heterocycles. The zero-order chi connectivity index (χ0) is 24.4. The molecule has 0 aliphatic carbocycles. The van der Waals surface area contributed by atoms with Gasteiger partial charge >= 0.3 is 0 Å². The molecule has 1 atom stereocenters. The standard InChI is InChI=1S/C28H27NO5/c1-17-9-5-7-11-21(17)25-24(26(30)19-13-14-22(33-3)18(2)15-19)27(31)28(32)29(25)16-20-10-6-8-12-23(20)34-4/h5-15,25,30H,16H2,1-4H3/b26-24+. The number of ketones is 1. The molecule has 1 aliphatic rings. The van der Waals surface area contributed by atoms with Crippen molar-refractivity contribution in [1.82, 2.24) is 4.90 Å². The van der Waals surface area contributed by atoms with Crippen molar-refractivity contribution < 1.29 is 24.2 Å². The third-order valence-corrected chi connectivity index (χ3v) is 6.22. The van der Waals surface area contributed by atoms with E-state index in [4.69, 9.17) is 9.47 Å². The second kappa shape index (κ2) is 9.43. The Morgan fingerprint density at radius 3 is 2.24 bits per heavy atom. The van der Waals surface area contributed by atoms with Crippen molar-refractivity contribution >= 4 is 17.4 Å². The number of ether oxygens (including phenoxy) is 2. The Bertz CT molecular complexity index is 1290. The fourth-order valence-electron chi connectivity index (χ4n) is 4.46. The molecule has 6 nitrogen and oxygen atoms in total. The monoisotopic (exact) mass is 457 g/mol. The SMILES string of the molecule is COc1ccc(/C(O)=C2\C(=O)C(=O)N(Cc3ccccc3OC)C2c2ccccc2C)cc1C. The van der Waals surface area contributed by atoms with Crippen LogP contribution in [0.3, 0.4) is 0 Å². The van der Waals surface area contributed by atoms with Crippen LogP contribution in [0.4, 0.5) is 0 Å². The Morgan fingerprint density at radius 1 is 0.882 bits per heavy atom. The summed E-state index contributed by atoms with van der Waals surface area (Å²) in [5.41, 5.74) is 3.79. The van der Waals surface area contributed by atoms with Crippen LogP contribution in [0.25, 0.3) is 5.76 Å². The van der Waals surface area contributed by atoms with E-state index in [1.807, 2.05) is 62.4 Å². The predicted octanol–water partition coefficient (Wildman–Crippen LogP) is 4.94. The number of hydrogen-bond donors (Lipinski definition) is 1. The molecule has 1 aliphatic heterocycles. The summed E-state index contributed by atoms with van der Waals surface area (Å²) in [5, 5.41) is 11.3. The number of aliphatic hydroxyl groups is 1. The van der Waals surface area contributed by atoms with E-state index < -0.39 is 17.7 Å². The molecule has 1 amide bonds. The molecule has 3 aromatic rings. The lowest BCUT2D eigenvalue weighted by Crippen LogP contribution is -2.29. The lowest BCUT2D eigenvalue weighted by Gasteiger charge is -2.27. The fraction of sp³-hybridized carbons (Fsp3) is 0.214. The first-order valence-corrected chi connectivity index (χ1v) is 11.0. The van der Waals surface area contributed by atoms with Crippen LogP contribution in [0.15, 0.2) is 72.3 Å². The Balaban J connectivity index is 1.89. The third kappa shape index (κ3) is 4.03. The van der Waals surface area contributed by atoms with E-state index in [1.54, 1.807) is 32.4 Å². The first kappa shape index (κ1) is 23.1. The molecule has 1 unspecified atom stereocenters. The van der Waals surface area contributed by atoms with Crippen molar-refractivity contribution in [3.8, 4) is 11.5 Å². The molecule has 174 valence electrons. The van der Waals surface area contributed by atoms with Crippen LogP contribution in [-0.2, 0) is 16.1 Å². The van der Waals surface area contributed by atoms with E-state index in [0.29, 0.717) is 17.1 Å². The van der Waals surface area contributed by atoms with E-state index in [1.165, 1.54) is 4.90 Å². The van der Waals surface area contributed by atoms with Crippen molar-refractivity contribution in [3.63, 3.8) is 0 Å². The quantitative estimate of drug-likeness (QED) is 0.322. The second-order valence-electron chi connectivity index (χ2n) is 8.28. The van der Waals surface area contributed by atoms with Crippen molar-refractivity contribution in [2.24, 2.45) is 0 Å². The number of likely N-dealkylation sites (tertiary alicyclic amines) is 1. The summed E-state index contributed by atoms with van der Waals surface area (Å²) in [5.74, 6) is -0.290.